The van der Waals surface area contributed by atoms with Crippen molar-refractivity contribution in [1.29, 1.82) is 0 Å². The summed E-state index contributed by atoms with van der Waals surface area (Å²) < 4.78 is 36.5. The summed E-state index contributed by atoms with van der Waals surface area (Å²) in [6.45, 7) is 0.496. The molecule has 2 heterocycles. The summed E-state index contributed by atoms with van der Waals surface area (Å²) in [5.41, 5.74) is 3.22. The number of aromatic nitrogens is 2. The van der Waals surface area contributed by atoms with Crippen molar-refractivity contribution in [1.82, 2.24) is 9.55 Å². The van der Waals surface area contributed by atoms with E-state index in [1.165, 1.54) is 0 Å². The smallest absolute Gasteiger partial charge is 0.323 e. The van der Waals surface area contributed by atoms with E-state index in [0.29, 0.717) is 39.8 Å². The SMILES string of the molecule is O=S(=O)(O)O/N=C1/CCn2c(-c3ccc(Cl)cc3)nc3c(Cl)ccc1c32. The molecule has 3 aromatic rings. The average molecular weight is 412 g/mol. The van der Waals surface area contributed by atoms with E-state index in [-0.39, 0.29) is 0 Å². The maximum Gasteiger partial charge on any atom is 0.466 e. The van der Waals surface area contributed by atoms with Gasteiger partial charge >= 0.3 is 10.4 Å². The van der Waals surface area contributed by atoms with Gasteiger partial charge in [0.15, 0.2) is 0 Å². The van der Waals surface area contributed by atoms with E-state index >= 15 is 0 Å². The van der Waals surface area contributed by atoms with Crippen LogP contribution in [-0.4, -0.2) is 28.2 Å². The standard InChI is InChI=1S/C16H11Cl2N3O4S/c17-10-3-1-9(2-4-10)16-19-14-12(18)6-5-11-13(20-25-26(22,23)24)7-8-21(16)15(11)14/h1-6H,7-8H2,(H,22,23,24)/b20-13-. The molecule has 134 valence electrons. The van der Waals surface area contributed by atoms with Gasteiger partial charge < -0.3 is 4.57 Å². The first-order valence-electron chi connectivity index (χ1n) is 7.51. The Bertz CT molecular complexity index is 1150. The number of imidazole rings is 1. The predicted molar refractivity (Wildman–Crippen MR) is 99.0 cm³/mol. The third kappa shape index (κ3) is 3.05. The summed E-state index contributed by atoms with van der Waals surface area (Å²) in [7, 11) is -4.67. The van der Waals surface area contributed by atoms with Gasteiger partial charge in [-0.25, -0.2) is 9.27 Å². The number of oxime groups is 1. The lowest BCUT2D eigenvalue weighted by atomic mass is 10.0. The van der Waals surface area contributed by atoms with Crippen LogP contribution in [0.15, 0.2) is 41.6 Å². The zero-order chi connectivity index (χ0) is 18.5. The first-order chi connectivity index (χ1) is 12.3. The molecule has 10 heteroatoms. The number of hydrogen-bond acceptors (Lipinski definition) is 5. The summed E-state index contributed by atoms with van der Waals surface area (Å²) in [5, 5.41) is 4.67. The fourth-order valence-electron chi connectivity index (χ4n) is 3.02. The second-order valence-electron chi connectivity index (χ2n) is 5.68. The van der Waals surface area contributed by atoms with E-state index in [1.54, 1.807) is 24.3 Å². The van der Waals surface area contributed by atoms with Gasteiger partial charge in [0.1, 0.15) is 11.3 Å². The monoisotopic (exact) mass is 411 g/mol. The van der Waals surface area contributed by atoms with Crippen LogP contribution in [0.5, 0.6) is 0 Å². The Morgan fingerprint density at radius 2 is 1.88 bits per heavy atom. The molecule has 1 N–H and O–H groups in total. The van der Waals surface area contributed by atoms with Crippen LogP contribution in [0.25, 0.3) is 22.4 Å². The van der Waals surface area contributed by atoms with Crippen molar-refractivity contribution in [2.24, 2.45) is 5.16 Å². The Hall–Kier alpha value is -2.13. The Morgan fingerprint density at radius 3 is 2.58 bits per heavy atom. The number of nitrogens with zero attached hydrogens (tertiary/aromatic N) is 3. The minimum atomic E-state index is -4.67. The minimum Gasteiger partial charge on any atom is -0.323 e. The van der Waals surface area contributed by atoms with Crippen molar-refractivity contribution < 1.29 is 17.3 Å². The van der Waals surface area contributed by atoms with Gasteiger partial charge in [0.25, 0.3) is 0 Å². The highest BCUT2D eigenvalue weighted by atomic mass is 35.5. The maximum atomic E-state index is 10.8. The second kappa shape index (κ2) is 6.24. The molecule has 4 rings (SSSR count). The van der Waals surface area contributed by atoms with Crippen molar-refractivity contribution >= 4 is 50.3 Å². The van der Waals surface area contributed by atoms with Gasteiger partial charge in [0.05, 0.1) is 16.3 Å². The molecule has 26 heavy (non-hydrogen) atoms. The fraction of sp³-hybridized carbons (Fsp3) is 0.125. The maximum absolute atomic E-state index is 10.8. The first-order valence-corrected chi connectivity index (χ1v) is 9.63. The fourth-order valence-corrected chi connectivity index (χ4v) is 3.52. The number of benzene rings is 2. The largest absolute Gasteiger partial charge is 0.466 e. The van der Waals surface area contributed by atoms with Gasteiger partial charge in [-0.15, -0.1) is 0 Å². The van der Waals surface area contributed by atoms with Crippen LogP contribution >= 0.6 is 23.2 Å². The van der Waals surface area contributed by atoms with Crippen molar-refractivity contribution in [3.8, 4) is 11.4 Å². The van der Waals surface area contributed by atoms with Crippen LogP contribution in [0, 0.1) is 0 Å². The lowest BCUT2D eigenvalue weighted by Crippen LogP contribution is -2.17. The van der Waals surface area contributed by atoms with Crippen LogP contribution in [0.4, 0.5) is 0 Å². The van der Waals surface area contributed by atoms with Gasteiger partial charge in [-0.1, -0.05) is 28.4 Å². The van der Waals surface area contributed by atoms with E-state index < -0.39 is 10.4 Å². The molecule has 0 saturated heterocycles. The summed E-state index contributed by atoms with van der Waals surface area (Å²) in [6.07, 6.45) is 0.399. The van der Waals surface area contributed by atoms with Gasteiger partial charge in [0.2, 0.25) is 0 Å². The molecule has 1 aliphatic rings. The second-order valence-corrected chi connectivity index (χ2v) is 7.52. The lowest BCUT2D eigenvalue weighted by molar-refractivity contribution is 0.281. The summed E-state index contributed by atoms with van der Waals surface area (Å²) in [5.74, 6) is 0.723. The van der Waals surface area contributed by atoms with Crippen LogP contribution in [0.2, 0.25) is 10.0 Å². The number of rotatable bonds is 3. The van der Waals surface area contributed by atoms with Crippen molar-refractivity contribution in [2.45, 2.75) is 13.0 Å². The highest BCUT2D eigenvalue weighted by Crippen LogP contribution is 2.35. The quantitative estimate of drug-likeness (QED) is 0.520. The predicted octanol–water partition coefficient (Wildman–Crippen LogP) is 3.94. The molecular weight excluding hydrogens is 401 g/mol. The molecule has 0 aliphatic carbocycles. The zero-order valence-electron chi connectivity index (χ0n) is 13.1. The van der Waals surface area contributed by atoms with Gasteiger partial charge in [-0.2, -0.15) is 8.42 Å². The Balaban J connectivity index is 1.92. The summed E-state index contributed by atoms with van der Waals surface area (Å²) in [6, 6.07) is 10.7. The van der Waals surface area contributed by atoms with Gasteiger partial charge in [-0.3, -0.25) is 4.55 Å². The molecule has 0 bridgehead atoms. The zero-order valence-corrected chi connectivity index (χ0v) is 15.4. The Morgan fingerprint density at radius 1 is 1.15 bits per heavy atom. The average Bonchev–Trinajstić information content (AvgIpc) is 2.98. The number of aryl methyl sites for hydroxylation is 1. The topological polar surface area (TPSA) is 93.8 Å². The van der Waals surface area contributed by atoms with E-state index in [4.69, 9.17) is 27.8 Å². The third-order valence-electron chi connectivity index (χ3n) is 4.07. The molecule has 0 fully saturated rings. The van der Waals surface area contributed by atoms with E-state index in [9.17, 15) is 8.42 Å². The van der Waals surface area contributed by atoms with Crippen LogP contribution in [0.3, 0.4) is 0 Å². The molecule has 1 aromatic heterocycles. The summed E-state index contributed by atoms with van der Waals surface area (Å²) >= 11 is 12.3. The van der Waals surface area contributed by atoms with Crippen LogP contribution < -0.4 is 0 Å². The molecule has 0 saturated carbocycles. The van der Waals surface area contributed by atoms with Gasteiger partial charge in [-0.05, 0) is 36.4 Å². The van der Waals surface area contributed by atoms with Crippen molar-refractivity contribution in [3.63, 3.8) is 0 Å². The molecule has 7 nitrogen and oxygen atoms in total. The van der Waals surface area contributed by atoms with E-state index in [1.807, 2.05) is 16.7 Å². The van der Waals surface area contributed by atoms with Crippen LogP contribution in [-0.2, 0) is 21.2 Å². The first kappa shape index (κ1) is 17.3. The lowest BCUT2D eigenvalue weighted by Gasteiger charge is -2.18. The van der Waals surface area contributed by atoms with Gasteiger partial charge in [0, 0.05) is 29.1 Å². The van der Waals surface area contributed by atoms with E-state index in [0.717, 1.165) is 16.9 Å². The molecule has 0 spiro atoms. The Kier molecular flexibility index (Phi) is 4.15. The number of halogens is 2. The highest BCUT2D eigenvalue weighted by molar-refractivity contribution is 7.80. The highest BCUT2D eigenvalue weighted by Gasteiger charge is 2.25. The Labute approximate surface area is 158 Å². The molecular formula is C16H11Cl2N3O4S. The van der Waals surface area contributed by atoms with Crippen molar-refractivity contribution in [3.05, 3.63) is 52.0 Å². The molecule has 1 aliphatic heterocycles. The molecule has 0 unspecified atom stereocenters. The van der Waals surface area contributed by atoms with Crippen LogP contribution in [0.1, 0.15) is 12.0 Å². The number of hydrogen-bond donors (Lipinski definition) is 1. The third-order valence-corrected chi connectivity index (χ3v) is 4.89. The molecule has 0 radical (unpaired) electrons. The molecule has 2 aromatic carbocycles. The minimum absolute atomic E-state index is 0.388. The van der Waals surface area contributed by atoms with Crippen molar-refractivity contribution in [2.75, 3.05) is 0 Å². The normalized spacial score (nSPS) is 15.6. The van der Waals surface area contributed by atoms with E-state index in [2.05, 4.69) is 14.4 Å². The molecule has 0 amide bonds. The summed E-state index contributed by atoms with van der Waals surface area (Å²) in [4.78, 5) is 4.65. The molecule has 0 atom stereocenters.